The van der Waals surface area contributed by atoms with E-state index in [1.807, 2.05) is 26.8 Å². The van der Waals surface area contributed by atoms with Crippen LogP contribution < -0.4 is 10.5 Å². The molecule has 2 heterocycles. The van der Waals surface area contributed by atoms with Crippen molar-refractivity contribution in [3.05, 3.63) is 18.3 Å². The van der Waals surface area contributed by atoms with Crippen molar-refractivity contribution in [3.8, 4) is 5.75 Å². The standard InChI is InChI=1S/C15H23N3O3/c1-15(2,3)21-14(19)18-8-6-11(7-9-18)20-12-4-5-13(16)17-10-12/h4-5,10-11H,6-9H2,1-3H3,(H2,16,17). The summed E-state index contributed by atoms with van der Waals surface area (Å²) >= 11 is 0. The SMILES string of the molecule is CC(C)(C)OC(=O)N1CCC(Oc2ccc(N)nc2)CC1. The van der Waals surface area contributed by atoms with Gasteiger partial charge < -0.3 is 20.1 Å². The van der Waals surface area contributed by atoms with Crippen LogP contribution in [0.3, 0.4) is 0 Å². The maximum Gasteiger partial charge on any atom is 0.410 e. The molecule has 0 atom stereocenters. The van der Waals surface area contributed by atoms with Crippen molar-refractivity contribution in [2.45, 2.75) is 45.3 Å². The van der Waals surface area contributed by atoms with Crippen LogP contribution in [0.5, 0.6) is 5.75 Å². The largest absolute Gasteiger partial charge is 0.489 e. The molecular formula is C15H23N3O3. The van der Waals surface area contributed by atoms with E-state index in [1.54, 1.807) is 17.2 Å². The van der Waals surface area contributed by atoms with Crippen LogP contribution in [-0.2, 0) is 4.74 Å². The van der Waals surface area contributed by atoms with Crippen LogP contribution in [0.25, 0.3) is 0 Å². The zero-order valence-corrected chi connectivity index (χ0v) is 12.8. The molecule has 2 rings (SSSR count). The minimum Gasteiger partial charge on any atom is -0.489 e. The van der Waals surface area contributed by atoms with Crippen molar-refractivity contribution in [2.75, 3.05) is 18.8 Å². The van der Waals surface area contributed by atoms with Gasteiger partial charge in [0, 0.05) is 25.9 Å². The van der Waals surface area contributed by atoms with Crippen LogP contribution in [0.1, 0.15) is 33.6 Å². The lowest BCUT2D eigenvalue weighted by atomic mass is 10.1. The molecule has 1 aromatic rings. The van der Waals surface area contributed by atoms with Crippen molar-refractivity contribution < 1.29 is 14.3 Å². The molecular weight excluding hydrogens is 270 g/mol. The van der Waals surface area contributed by atoms with E-state index in [9.17, 15) is 4.79 Å². The maximum atomic E-state index is 12.0. The molecule has 1 fully saturated rings. The van der Waals surface area contributed by atoms with Crippen LogP contribution >= 0.6 is 0 Å². The number of hydrogen-bond donors (Lipinski definition) is 1. The van der Waals surface area contributed by atoms with Gasteiger partial charge in [-0.2, -0.15) is 0 Å². The third-order valence-corrected chi connectivity index (χ3v) is 3.16. The predicted molar refractivity (Wildman–Crippen MR) is 80.1 cm³/mol. The molecule has 0 spiro atoms. The molecule has 0 saturated carbocycles. The molecule has 0 radical (unpaired) electrons. The number of piperidine rings is 1. The number of nitrogens with two attached hydrogens (primary N) is 1. The molecule has 0 unspecified atom stereocenters. The maximum absolute atomic E-state index is 12.0. The first kappa shape index (κ1) is 15.4. The Morgan fingerprint density at radius 3 is 2.52 bits per heavy atom. The third-order valence-electron chi connectivity index (χ3n) is 3.16. The molecule has 0 aliphatic carbocycles. The fraction of sp³-hybridized carbons (Fsp3) is 0.600. The third kappa shape index (κ3) is 4.81. The smallest absolute Gasteiger partial charge is 0.410 e. The van der Waals surface area contributed by atoms with Gasteiger partial charge in [-0.3, -0.25) is 0 Å². The van der Waals surface area contributed by atoms with E-state index < -0.39 is 5.60 Å². The molecule has 0 aromatic carbocycles. The van der Waals surface area contributed by atoms with Gasteiger partial charge in [0.2, 0.25) is 0 Å². The zero-order chi connectivity index (χ0) is 15.5. The Bertz CT molecular complexity index is 474. The second kappa shape index (κ2) is 6.20. The van der Waals surface area contributed by atoms with E-state index in [-0.39, 0.29) is 12.2 Å². The highest BCUT2D eigenvalue weighted by atomic mass is 16.6. The minimum absolute atomic E-state index is 0.0918. The lowest BCUT2D eigenvalue weighted by molar-refractivity contribution is 0.0126. The highest BCUT2D eigenvalue weighted by Gasteiger charge is 2.27. The Balaban J connectivity index is 1.80. The quantitative estimate of drug-likeness (QED) is 0.906. The van der Waals surface area contributed by atoms with Crippen LogP contribution in [0, 0.1) is 0 Å². The molecule has 21 heavy (non-hydrogen) atoms. The van der Waals surface area contributed by atoms with Gasteiger partial charge in [-0.25, -0.2) is 9.78 Å². The number of likely N-dealkylation sites (tertiary alicyclic amines) is 1. The number of hydrogen-bond acceptors (Lipinski definition) is 5. The van der Waals surface area contributed by atoms with Crippen LogP contribution in [0.15, 0.2) is 18.3 Å². The number of rotatable bonds is 2. The molecule has 2 N–H and O–H groups in total. The molecule has 116 valence electrons. The number of carbonyl (C=O) groups is 1. The van der Waals surface area contributed by atoms with Gasteiger partial charge in [0.25, 0.3) is 0 Å². The topological polar surface area (TPSA) is 77.7 Å². The molecule has 1 aromatic heterocycles. The van der Waals surface area contributed by atoms with Gasteiger partial charge in [0.1, 0.15) is 23.3 Å². The first-order valence-corrected chi connectivity index (χ1v) is 7.19. The Morgan fingerprint density at radius 2 is 2.00 bits per heavy atom. The first-order valence-electron chi connectivity index (χ1n) is 7.19. The number of amides is 1. The lowest BCUT2D eigenvalue weighted by Gasteiger charge is -2.33. The molecule has 1 aliphatic heterocycles. The predicted octanol–water partition coefficient (Wildman–Crippen LogP) is 2.44. The minimum atomic E-state index is -0.458. The highest BCUT2D eigenvalue weighted by Crippen LogP contribution is 2.20. The second-order valence-electron chi connectivity index (χ2n) is 6.20. The number of anilines is 1. The van der Waals surface area contributed by atoms with Gasteiger partial charge in [-0.15, -0.1) is 0 Å². The second-order valence-corrected chi connectivity index (χ2v) is 6.20. The van der Waals surface area contributed by atoms with Gasteiger partial charge in [-0.05, 0) is 32.9 Å². The summed E-state index contributed by atoms with van der Waals surface area (Å²) in [7, 11) is 0. The Hall–Kier alpha value is -1.98. The zero-order valence-electron chi connectivity index (χ0n) is 12.8. The summed E-state index contributed by atoms with van der Waals surface area (Å²) in [5.74, 6) is 1.18. The average Bonchev–Trinajstić information content (AvgIpc) is 2.40. The van der Waals surface area contributed by atoms with Gasteiger partial charge >= 0.3 is 6.09 Å². The number of nitrogens with zero attached hydrogens (tertiary/aromatic N) is 2. The molecule has 6 nitrogen and oxygen atoms in total. The average molecular weight is 293 g/mol. The monoisotopic (exact) mass is 293 g/mol. The van der Waals surface area contributed by atoms with Crippen molar-refractivity contribution in [1.29, 1.82) is 0 Å². The van der Waals surface area contributed by atoms with Crippen molar-refractivity contribution in [2.24, 2.45) is 0 Å². The Morgan fingerprint density at radius 1 is 1.33 bits per heavy atom. The number of carbonyl (C=O) groups excluding carboxylic acids is 1. The van der Waals surface area contributed by atoms with E-state index in [2.05, 4.69) is 4.98 Å². The molecule has 1 amide bonds. The van der Waals surface area contributed by atoms with E-state index in [1.165, 1.54) is 0 Å². The highest BCUT2D eigenvalue weighted by molar-refractivity contribution is 5.68. The fourth-order valence-electron chi connectivity index (χ4n) is 2.14. The molecule has 6 heteroatoms. The lowest BCUT2D eigenvalue weighted by Crippen LogP contribution is -2.44. The van der Waals surface area contributed by atoms with E-state index in [0.717, 1.165) is 12.8 Å². The van der Waals surface area contributed by atoms with Crippen molar-refractivity contribution in [3.63, 3.8) is 0 Å². The summed E-state index contributed by atoms with van der Waals surface area (Å²) in [6.07, 6.45) is 3.02. The summed E-state index contributed by atoms with van der Waals surface area (Å²) in [5, 5.41) is 0. The number of aromatic nitrogens is 1. The Kier molecular flexibility index (Phi) is 4.55. The summed E-state index contributed by atoms with van der Waals surface area (Å²) in [6.45, 7) is 6.89. The number of ether oxygens (including phenoxy) is 2. The van der Waals surface area contributed by atoms with Crippen LogP contribution in [0.2, 0.25) is 0 Å². The van der Waals surface area contributed by atoms with Crippen molar-refractivity contribution in [1.82, 2.24) is 9.88 Å². The van der Waals surface area contributed by atoms with E-state index in [4.69, 9.17) is 15.2 Å². The van der Waals surface area contributed by atoms with Crippen LogP contribution in [-0.4, -0.2) is 40.8 Å². The summed E-state index contributed by atoms with van der Waals surface area (Å²) in [6, 6.07) is 3.52. The summed E-state index contributed by atoms with van der Waals surface area (Å²) in [4.78, 5) is 17.7. The number of pyridine rings is 1. The fourth-order valence-corrected chi connectivity index (χ4v) is 2.14. The summed E-state index contributed by atoms with van der Waals surface area (Å²) in [5.41, 5.74) is 5.08. The van der Waals surface area contributed by atoms with Gasteiger partial charge in [0.15, 0.2) is 0 Å². The molecule has 1 aliphatic rings. The van der Waals surface area contributed by atoms with Crippen LogP contribution in [0.4, 0.5) is 10.6 Å². The normalized spacial score (nSPS) is 16.6. The van der Waals surface area contributed by atoms with Gasteiger partial charge in [0.05, 0.1) is 6.20 Å². The van der Waals surface area contributed by atoms with E-state index >= 15 is 0 Å². The first-order chi connectivity index (χ1) is 9.83. The molecule has 1 saturated heterocycles. The van der Waals surface area contributed by atoms with E-state index in [0.29, 0.717) is 24.7 Å². The molecule has 0 bridgehead atoms. The summed E-state index contributed by atoms with van der Waals surface area (Å²) < 4.78 is 11.2. The Labute approximate surface area is 125 Å². The van der Waals surface area contributed by atoms with Gasteiger partial charge in [-0.1, -0.05) is 0 Å². The number of nitrogen functional groups attached to an aromatic ring is 1. The van der Waals surface area contributed by atoms with Crippen molar-refractivity contribution >= 4 is 11.9 Å².